The molecule has 1 aliphatic heterocycles. The Morgan fingerprint density at radius 1 is 1.21 bits per heavy atom. The van der Waals surface area contributed by atoms with Gasteiger partial charge >= 0.3 is 0 Å². The molecule has 2 heterocycles. The number of ether oxygens (including phenoxy) is 4. The lowest BCUT2D eigenvalue weighted by Crippen LogP contribution is -2.21. The number of hydrogen-bond acceptors (Lipinski definition) is 8. The number of nitrogens with two attached hydrogens (primary N) is 2. The van der Waals surface area contributed by atoms with Crippen molar-refractivity contribution in [2.75, 3.05) is 20.3 Å². The highest BCUT2D eigenvalue weighted by atomic mass is 16.5. The molecule has 4 rings (SSSR count). The van der Waals surface area contributed by atoms with E-state index in [-0.39, 0.29) is 23.9 Å². The van der Waals surface area contributed by atoms with Crippen LogP contribution in [0.15, 0.2) is 53.9 Å². The van der Waals surface area contributed by atoms with Crippen LogP contribution in [-0.4, -0.2) is 36.4 Å². The average molecular weight is 461 g/mol. The van der Waals surface area contributed by atoms with Crippen molar-refractivity contribution in [1.82, 2.24) is 10.2 Å². The summed E-state index contributed by atoms with van der Waals surface area (Å²) in [5.41, 5.74) is 14.4. The molecule has 0 radical (unpaired) electrons. The van der Waals surface area contributed by atoms with Crippen LogP contribution in [0.3, 0.4) is 0 Å². The summed E-state index contributed by atoms with van der Waals surface area (Å²) in [6.45, 7) is 1.90. The van der Waals surface area contributed by atoms with E-state index in [1.165, 1.54) is 0 Å². The number of H-pyrrole nitrogens is 1. The first-order valence-corrected chi connectivity index (χ1v) is 10.4. The molecular weight excluding hydrogens is 438 g/mol. The molecule has 174 valence electrons. The number of carbonyl (C=O) groups excluding carboxylic acids is 1. The molecule has 0 spiro atoms. The molecule has 34 heavy (non-hydrogen) atoms. The Labute approximate surface area is 195 Å². The smallest absolute Gasteiger partial charge is 0.255 e. The highest BCUT2D eigenvalue weighted by molar-refractivity contribution is 5.75. The number of aromatic amines is 1. The number of nitriles is 1. The summed E-state index contributed by atoms with van der Waals surface area (Å²) in [4.78, 5) is 11.2. The molecular formula is C24H23N5O5. The number of primary amides is 1. The highest BCUT2D eigenvalue weighted by Gasteiger charge is 2.36. The van der Waals surface area contributed by atoms with Gasteiger partial charge in [-0.3, -0.25) is 9.89 Å². The van der Waals surface area contributed by atoms with Crippen LogP contribution in [0.2, 0.25) is 0 Å². The van der Waals surface area contributed by atoms with E-state index in [0.717, 1.165) is 5.56 Å². The monoisotopic (exact) mass is 461 g/mol. The van der Waals surface area contributed by atoms with Crippen LogP contribution in [0.25, 0.3) is 11.3 Å². The van der Waals surface area contributed by atoms with E-state index in [9.17, 15) is 10.1 Å². The topological polar surface area (TPSA) is 158 Å². The van der Waals surface area contributed by atoms with Gasteiger partial charge in [0.15, 0.2) is 18.1 Å². The second-order valence-corrected chi connectivity index (χ2v) is 7.36. The number of methoxy groups -OCH3 is 1. The summed E-state index contributed by atoms with van der Waals surface area (Å²) in [7, 11) is 1.59. The van der Waals surface area contributed by atoms with Crippen LogP contribution in [0, 0.1) is 11.3 Å². The van der Waals surface area contributed by atoms with Gasteiger partial charge in [-0.2, -0.15) is 5.26 Å². The SMILES string of the molecule is CCOc1cc(C2C(C#N)=C(N)Oc3n[nH]c(-c4ccc(OC)cc4)c32)ccc1OCC(N)=O. The van der Waals surface area contributed by atoms with E-state index in [2.05, 4.69) is 16.3 Å². The molecule has 1 aliphatic rings. The van der Waals surface area contributed by atoms with Gasteiger partial charge in [0.1, 0.15) is 17.4 Å². The minimum Gasteiger partial charge on any atom is -0.497 e. The quantitative estimate of drug-likeness (QED) is 0.462. The summed E-state index contributed by atoms with van der Waals surface area (Å²) >= 11 is 0. The van der Waals surface area contributed by atoms with Gasteiger partial charge in [0.2, 0.25) is 11.8 Å². The molecule has 0 bridgehead atoms. The number of allylic oxidation sites excluding steroid dienone is 1. The summed E-state index contributed by atoms with van der Waals surface area (Å²) in [5, 5.41) is 17.2. The fourth-order valence-corrected chi connectivity index (χ4v) is 3.80. The Hall–Kier alpha value is -4.65. The lowest BCUT2D eigenvalue weighted by atomic mass is 9.83. The largest absolute Gasteiger partial charge is 0.497 e. The fourth-order valence-electron chi connectivity index (χ4n) is 3.80. The Bertz CT molecular complexity index is 1290. The minimum absolute atomic E-state index is 0.0280. The predicted molar refractivity (Wildman–Crippen MR) is 122 cm³/mol. The van der Waals surface area contributed by atoms with Crippen molar-refractivity contribution < 1.29 is 23.7 Å². The molecule has 0 fully saturated rings. The van der Waals surface area contributed by atoms with Crippen molar-refractivity contribution in [3.8, 4) is 40.5 Å². The molecule has 1 amide bonds. The van der Waals surface area contributed by atoms with Gasteiger partial charge in [-0.1, -0.05) is 6.07 Å². The van der Waals surface area contributed by atoms with Crippen molar-refractivity contribution in [1.29, 1.82) is 5.26 Å². The Morgan fingerprint density at radius 2 is 1.97 bits per heavy atom. The first kappa shape index (κ1) is 22.5. The van der Waals surface area contributed by atoms with E-state index in [1.54, 1.807) is 25.3 Å². The van der Waals surface area contributed by atoms with Crippen LogP contribution < -0.4 is 30.4 Å². The summed E-state index contributed by atoms with van der Waals surface area (Å²) in [5.74, 6) is 0.521. The normalized spacial score (nSPS) is 14.6. The summed E-state index contributed by atoms with van der Waals surface area (Å²) in [6, 6.07) is 14.8. The first-order valence-electron chi connectivity index (χ1n) is 10.4. The number of carbonyl (C=O) groups is 1. The summed E-state index contributed by atoms with van der Waals surface area (Å²) in [6.07, 6.45) is 0. The van der Waals surface area contributed by atoms with Crippen LogP contribution >= 0.6 is 0 Å². The van der Waals surface area contributed by atoms with Crippen LogP contribution in [0.4, 0.5) is 0 Å². The van der Waals surface area contributed by atoms with E-state index in [1.807, 2.05) is 31.2 Å². The van der Waals surface area contributed by atoms with E-state index in [4.69, 9.17) is 30.4 Å². The molecule has 2 aromatic carbocycles. The second-order valence-electron chi connectivity index (χ2n) is 7.36. The Morgan fingerprint density at radius 3 is 2.62 bits per heavy atom. The maximum Gasteiger partial charge on any atom is 0.255 e. The molecule has 10 nitrogen and oxygen atoms in total. The number of nitrogens with one attached hydrogen (secondary N) is 1. The lowest BCUT2D eigenvalue weighted by molar-refractivity contribution is -0.119. The zero-order chi connectivity index (χ0) is 24.2. The Kier molecular flexibility index (Phi) is 6.27. The van der Waals surface area contributed by atoms with Gasteiger partial charge in [0, 0.05) is 5.56 Å². The molecule has 0 saturated carbocycles. The van der Waals surface area contributed by atoms with Gasteiger partial charge in [-0.15, -0.1) is 5.10 Å². The number of fused-ring (bicyclic) bond motifs is 1. The Balaban J connectivity index is 1.84. The van der Waals surface area contributed by atoms with E-state index in [0.29, 0.717) is 40.7 Å². The van der Waals surface area contributed by atoms with Crippen LogP contribution in [0.1, 0.15) is 24.0 Å². The van der Waals surface area contributed by atoms with E-state index >= 15 is 0 Å². The zero-order valence-electron chi connectivity index (χ0n) is 18.6. The molecule has 1 unspecified atom stereocenters. The van der Waals surface area contributed by atoms with Crippen molar-refractivity contribution in [2.24, 2.45) is 11.5 Å². The van der Waals surface area contributed by atoms with Crippen LogP contribution in [0.5, 0.6) is 23.1 Å². The van der Waals surface area contributed by atoms with Gasteiger partial charge in [0.25, 0.3) is 5.91 Å². The third-order valence-corrected chi connectivity index (χ3v) is 5.29. The fraction of sp³-hybridized carbons (Fsp3) is 0.208. The molecule has 0 saturated heterocycles. The maximum atomic E-state index is 11.2. The standard InChI is InChI=1S/C24H23N5O5/c1-3-32-18-10-14(6-9-17(18)33-12-19(26)30)20-16(11-25)23(27)34-24-21(20)22(28-29-24)13-4-7-15(31-2)8-5-13/h4-10,20H,3,12,27H2,1-2H3,(H2,26,30)(H,28,29). The number of hydrogen-bond donors (Lipinski definition) is 3. The molecule has 1 aromatic heterocycles. The average Bonchev–Trinajstić information content (AvgIpc) is 3.25. The number of benzene rings is 2. The molecule has 10 heteroatoms. The number of aromatic nitrogens is 2. The minimum atomic E-state index is -0.606. The van der Waals surface area contributed by atoms with Crippen molar-refractivity contribution in [2.45, 2.75) is 12.8 Å². The van der Waals surface area contributed by atoms with Crippen molar-refractivity contribution in [3.05, 3.63) is 65.0 Å². The van der Waals surface area contributed by atoms with Gasteiger partial charge in [0.05, 0.1) is 30.9 Å². The third kappa shape index (κ3) is 4.19. The van der Waals surface area contributed by atoms with Gasteiger partial charge in [-0.25, -0.2) is 0 Å². The zero-order valence-corrected chi connectivity index (χ0v) is 18.6. The van der Waals surface area contributed by atoms with Gasteiger partial charge < -0.3 is 30.4 Å². The second kappa shape index (κ2) is 9.46. The lowest BCUT2D eigenvalue weighted by Gasteiger charge is -2.25. The summed E-state index contributed by atoms with van der Waals surface area (Å²) < 4.78 is 22.1. The predicted octanol–water partition coefficient (Wildman–Crippen LogP) is 2.57. The molecule has 0 aliphatic carbocycles. The maximum absolute atomic E-state index is 11.2. The first-order chi connectivity index (χ1) is 16.5. The number of nitrogens with zero attached hydrogens (tertiary/aromatic N) is 2. The highest BCUT2D eigenvalue weighted by Crippen LogP contribution is 2.47. The molecule has 5 N–H and O–H groups in total. The molecule has 3 aromatic rings. The van der Waals surface area contributed by atoms with Gasteiger partial charge in [-0.05, 0) is 48.9 Å². The third-order valence-electron chi connectivity index (χ3n) is 5.29. The van der Waals surface area contributed by atoms with Crippen molar-refractivity contribution >= 4 is 5.91 Å². The van der Waals surface area contributed by atoms with E-state index < -0.39 is 11.8 Å². The molecule has 1 atom stereocenters. The van der Waals surface area contributed by atoms with Crippen molar-refractivity contribution in [3.63, 3.8) is 0 Å². The number of amides is 1. The van der Waals surface area contributed by atoms with Crippen LogP contribution in [-0.2, 0) is 4.79 Å². The number of rotatable bonds is 8.